The van der Waals surface area contributed by atoms with Crippen LogP contribution in [0.25, 0.3) is 0 Å². The van der Waals surface area contributed by atoms with Crippen molar-refractivity contribution in [1.82, 2.24) is 10.6 Å². The van der Waals surface area contributed by atoms with Gasteiger partial charge >= 0.3 is 0 Å². The molecule has 2 rings (SSSR count). The number of amides is 1. The first-order valence-electron chi connectivity index (χ1n) is 10.2. The summed E-state index contributed by atoms with van der Waals surface area (Å²) in [7, 11) is 3.24. The number of carbonyl (C=O) groups is 1. The number of benzene rings is 2. The third kappa shape index (κ3) is 9.04. The first-order valence-corrected chi connectivity index (χ1v) is 10.2. The molecule has 2 aromatic rings. The molecule has 8 heteroatoms. The Bertz CT molecular complexity index is 841. The van der Waals surface area contributed by atoms with E-state index in [1.165, 1.54) is 0 Å². The molecule has 0 aromatic heterocycles. The lowest BCUT2D eigenvalue weighted by atomic mass is 10.2. The Balaban J connectivity index is 0.00000480. The Morgan fingerprint density at radius 2 is 1.61 bits per heavy atom. The number of nitrogens with zero attached hydrogens (tertiary/aromatic N) is 1. The Morgan fingerprint density at radius 1 is 0.935 bits per heavy atom. The Labute approximate surface area is 202 Å². The van der Waals surface area contributed by atoms with Gasteiger partial charge in [-0.3, -0.25) is 4.79 Å². The molecule has 2 aromatic carbocycles. The van der Waals surface area contributed by atoms with Gasteiger partial charge in [-0.1, -0.05) is 25.1 Å². The lowest BCUT2D eigenvalue weighted by molar-refractivity contribution is -0.116. The maximum absolute atomic E-state index is 11.7. The first kappa shape index (κ1) is 26.5. The van der Waals surface area contributed by atoms with E-state index in [0.717, 1.165) is 35.7 Å². The maximum Gasteiger partial charge on any atom is 0.224 e. The van der Waals surface area contributed by atoms with Gasteiger partial charge in [0.1, 0.15) is 0 Å². The molecule has 0 aliphatic heterocycles. The van der Waals surface area contributed by atoms with E-state index in [-0.39, 0.29) is 29.9 Å². The highest BCUT2D eigenvalue weighted by Gasteiger charge is 2.05. The standard InChI is InChI=1S/C23H32N4O3.HI/c1-5-7-22(28)27-19-11-8-17(9-12-19)15-25-23(24-6-2)26-16-18-10-13-20(29-3)21(14-18)30-4;/h8-14H,5-7,15-16H2,1-4H3,(H,27,28)(H2,24,25,26);1H. The number of rotatable bonds is 10. The number of hydrogen-bond donors (Lipinski definition) is 3. The summed E-state index contributed by atoms with van der Waals surface area (Å²) in [6.07, 6.45) is 1.37. The molecule has 0 heterocycles. The Kier molecular flexibility index (Phi) is 12.4. The lowest BCUT2D eigenvalue weighted by Gasteiger charge is -2.13. The molecule has 0 atom stereocenters. The van der Waals surface area contributed by atoms with Crippen LogP contribution in [0.4, 0.5) is 5.69 Å². The van der Waals surface area contributed by atoms with Gasteiger partial charge in [0.25, 0.3) is 0 Å². The topological polar surface area (TPSA) is 84.0 Å². The van der Waals surface area contributed by atoms with Crippen LogP contribution < -0.4 is 25.4 Å². The number of carbonyl (C=O) groups excluding carboxylic acids is 1. The van der Waals surface area contributed by atoms with Gasteiger partial charge < -0.3 is 25.4 Å². The zero-order chi connectivity index (χ0) is 21.8. The largest absolute Gasteiger partial charge is 0.493 e. The number of halogens is 1. The molecule has 0 saturated heterocycles. The SMILES string of the molecule is CCCC(=O)Nc1ccc(CNC(=NCc2ccc(OC)c(OC)c2)NCC)cc1.I. The molecule has 0 aliphatic rings. The molecule has 0 radical (unpaired) electrons. The minimum atomic E-state index is 0. The van der Waals surface area contributed by atoms with Crippen molar-refractivity contribution in [3.63, 3.8) is 0 Å². The van der Waals surface area contributed by atoms with Crippen LogP contribution in [0.3, 0.4) is 0 Å². The number of ether oxygens (including phenoxy) is 2. The van der Waals surface area contributed by atoms with Crippen LogP contribution in [0.15, 0.2) is 47.5 Å². The van der Waals surface area contributed by atoms with E-state index in [0.29, 0.717) is 31.0 Å². The van der Waals surface area contributed by atoms with E-state index in [1.807, 2.05) is 56.3 Å². The third-order valence-corrected chi connectivity index (χ3v) is 4.39. The average molecular weight is 540 g/mol. The van der Waals surface area contributed by atoms with Gasteiger partial charge in [0.2, 0.25) is 5.91 Å². The lowest BCUT2D eigenvalue weighted by Crippen LogP contribution is -2.36. The van der Waals surface area contributed by atoms with Crippen molar-refractivity contribution >= 4 is 41.5 Å². The molecule has 0 aliphatic carbocycles. The van der Waals surface area contributed by atoms with E-state index in [1.54, 1.807) is 14.2 Å². The molecular formula is C23H33IN4O3. The second-order valence-electron chi connectivity index (χ2n) is 6.73. The summed E-state index contributed by atoms with van der Waals surface area (Å²) >= 11 is 0. The molecule has 1 amide bonds. The monoisotopic (exact) mass is 540 g/mol. The van der Waals surface area contributed by atoms with Crippen LogP contribution in [-0.2, 0) is 17.9 Å². The first-order chi connectivity index (χ1) is 14.6. The van der Waals surface area contributed by atoms with Crippen LogP contribution in [0.2, 0.25) is 0 Å². The number of methoxy groups -OCH3 is 2. The van der Waals surface area contributed by atoms with Gasteiger partial charge in [-0.15, -0.1) is 24.0 Å². The van der Waals surface area contributed by atoms with Gasteiger partial charge in [-0.05, 0) is 48.7 Å². The predicted octanol–water partition coefficient (Wildman–Crippen LogP) is 4.32. The molecule has 7 nitrogen and oxygen atoms in total. The molecule has 170 valence electrons. The molecule has 0 bridgehead atoms. The van der Waals surface area contributed by atoms with Crippen molar-refractivity contribution in [3.05, 3.63) is 53.6 Å². The van der Waals surface area contributed by atoms with E-state index in [2.05, 4.69) is 20.9 Å². The number of hydrogen-bond acceptors (Lipinski definition) is 4. The summed E-state index contributed by atoms with van der Waals surface area (Å²) in [6.45, 7) is 5.92. The fraction of sp³-hybridized carbons (Fsp3) is 0.391. The Morgan fingerprint density at radius 3 is 2.23 bits per heavy atom. The highest BCUT2D eigenvalue weighted by Crippen LogP contribution is 2.27. The van der Waals surface area contributed by atoms with Gasteiger partial charge in [-0.25, -0.2) is 4.99 Å². The maximum atomic E-state index is 11.7. The van der Waals surface area contributed by atoms with Crippen molar-refractivity contribution in [2.24, 2.45) is 4.99 Å². The van der Waals surface area contributed by atoms with Crippen LogP contribution >= 0.6 is 24.0 Å². The van der Waals surface area contributed by atoms with Crippen molar-refractivity contribution in [2.75, 3.05) is 26.1 Å². The van der Waals surface area contributed by atoms with Crippen molar-refractivity contribution < 1.29 is 14.3 Å². The van der Waals surface area contributed by atoms with Crippen LogP contribution in [0, 0.1) is 0 Å². The minimum absolute atomic E-state index is 0. The predicted molar refractivity (Wildman–Crippen MR) is 137 cm³/mol. The number of nitrogens with one attached hydrogen (secondary N) is 3. The molecule has 3 N–H and O–H groups in total. The quantitative estimate of drug-likeness (QED) is 0.238. The van der Waals surface area contributed by atoms with Crippen molar-refractivity contribution in [1.29, 1.82) is 0 Å². The fourth-order valence-corrected chi connectivity index (χ4v) is 2.83. The smallest absolute Gasteiger partial charge is 0.224 e. The summed E-state index contributed by atoms with van der Waals surface area (Å²) < 4.78 is 10.6. The van der Waals surface area contributed by atoms with Crippen LogP contribution in [0.1, 0.15) is 37.8 Å². The highest BCUT2D eigenvalue weighted by atomic mass is 127. The zero-order valence-electron chi connectivity index (χ0n) is 18.7. The fourth-order valence-electron chi connectivity index (χ4n) is 2.83. The number of guanidine groups is 1. The second-order valence-corrected chi connectivity index (χ2v) is 6.73. The number of aliphatic imine (C=N–C) groups is 1. The van der Waals surface area contributed by atoms with Crippen molar-refractivity contribution in [2.45, 2.75) is 39.8 Å². The van der Waals surface area contributed by atoms with E-state index < -0.39 is 0 Å². The third-order valence-electron chi connectivity index (χ3n) is 4.39. The van der Waals surface area contributed by atoms with E-state index in [4.69, 9.17) is 9.47 Å². The molecule has 0 fully saturated rings. The minimum Gasteiger partial charge on any atom is -0.493 e. The van der Waals surface area contributed by atoms with Crippen LogP contribution in [0.5, 0.6) is 11.5 Å². The van der Waals surface area contributed by atoms with Crippen molar-refractivity contribution in [3.8, 4) is 11.5 Å². The molecule has 31 heavy (non-hydrogen) atoms. The summed E-state index contributed by atoms with van der Waals surface area (Å²) in [4.78, 5) is 16.3. The summed E-state index contributed by atoms with van der Waals surface area (Å²) in [5.41, 5.74) is 2.93. The molecule has 0 saturated carbocycles. The summed E-state index contributed by atoms with van der Waals surface area (Å²) in [6, 6.07) is 13.6. The summed E-state index contributed by atoms with van der Waals surface area (Å²) in [5, 5.41) is 9.48. The van der Waals surface area contributed by atoms with Gasteiger partial charge in [-0.2, -0.15) is 0 Å². The van der Waals surface area contributed by atoms with E-state index >= 15 is 0 Å². The summed E-state index contributed by atoms with van der Waals surface area (Å²) in [5.74, 6) is 2.16. The number of anilines is 1. The zero-order valence-corrected chi connectivity index (χ0v) is 21.0. The molecule has 0 unspecified atom stereocenters. The second kappa shape index (κ2) is 14.5. The van der Waals surface area contributed by atoms with Gasteiger partial charge in [0.05, 0.1) is 20.8 Å². The van der Waals surface area contributed by atoms with Crippen LogP contribution in [-0.4, -0.2) is 32.6 Å². The Hall–Kier alpha value is -2.49. The molecule has 0 spiro atoms. The van der Waals surface area contributed by atoms with Gasteiger partial charge in [0.15, 0.2) is 17.5 Å². The normalized spacial score (nSPS) is 10.6. The average Bonchev–Trinajstić information content (AvgIpc) is 2.76. The molecular weight excluding hydrogens is 507 g/mol. The highest BCUT2D eigenvalue weighted by molar-refractivity contribution is 14.0. The van der Waals surface area contributed by atoms with Gasteiger partial charge in [0, 0.05) is 25.2 Å². The van der Waals surface area contributed by atoms with E-state index in [9.17, 15) is 4.79 Å².